The van der Waals surface area contributed by atoms with Crippen molar-refractivity contribution < 1.29 is 18.7 Å². The van der Waals surface area contributed by atoms with E-state index in [4.69, 9.17) is 5.11 Å². The fourth-order valence-corrected chi connectivity index (χ4v) is 0.293. The number of carboxylic acids is 1. The van der Waals surface area contributed by atoms with Crippen LogP contribution in [0.4, 0.5) is 8.78 Å². The minimum absolute atomic E-state index is 0. The van der Waals surface area contributed by atoms with E-state index < -0.39 is 24.9 Å². The van der Waals surface area contributed by atoms with E-state index in [0.717, 1.165) is 0 Å². The SMILES string of the molecule is Cl.NCC(F)(F)CC(=O)O. The van der Waals surface area contributed by atoms with Crippen molar-refractivity contribution in [2.24, 2.45) is 5.73 Å². The van der Waals surface area contributed by atoms with Gasteiger partial charge in [0.15, 0.2) is 0 Å². The molecule has 0 aromatic heterocycles. The molecule has 0 aliphatic carbocycles. The number of hydrogen-bond donors (Lipinski definition) is 2. The van der Waals surface area contributed by atoms with E-state index in [9.17, 15) is 13.6 Å². The normalized spacial score (nSPS) is 10.3. The van der Waals surface area contributed by atoms with Gasteiger partial charge in [-0.2, -0.15) is 0 Å². The number of carboxylic acid groups (broad SMARTS) is 1. The lowest BCUT2D eigenvalue weighted by molar-refractivity contribution is -0.144. The largest absolute Gasteiger partial charge is 0.481 e. The Balaban J connectivity index is 0. The molecule has 3 N–H and O–H groups in total. The molecule has 0 rings (SSSR count). The first kappa shape index (κ1) is 12.3. The molecule has 0 radical (unpaired) electrons. The molecule has 0 bridgehead atoms. The van der Waals surface area contributed by atoms with E-state index in [-0.39, 0.29) is 12.4 Å². The van der Waals surface area contributed by atoms with Crippen LogP contribution in [0.5, 0.6) is 0 Å². The fraction of sp³-hybridized carbons (Fsp3) is 0.750. The lowest BCUT2D eigenvalue weighted by atomic mass is 10.2. The topological polar surface area (TPSA) is 63.3 Å². The second-order valence-electron chi connectivity index (χ2n) is 1.63. The average molecular weight is 176 g/mol. The monoisotopic (exact) mass is 175 g/mol. The molecule has 0 saturated heterocycles. The molecule has 0 saturated carbocycles. The summed E-state index contributed by atoms with van der Waals surface area (Å²) in [5.74, 6) is -4.79. The van der Waals surface area contributed by atoms with E-state index in [1.165, 1.54) is 0 Å². The molecule has 0 aliphatic rings. The molecule has 0 aromatic rings. The molecule has 3 nitrogen and oxygen atoms in total. The summed E-state index contributed by atoms with van der Waals surface area (Å²) < 4.78 is 23.8. The number of halogens is 3. The summed E-state index contributed by atoms with van der Waals surface area (Å²) >= 11 is 0. The molecule has 0 aliphatic heterocycles. The van der Waals surface area contributed by atoms with Gasteiger partial charge in [-0.05, 0) is 0 Å². The van der Waals surface area contributed by atoms with Gasteiger partial charge in [0.05, 0.1) is 6.54 Å². The second-order valence-corrected chi connectivity index (χ2v) is 1.63. The van der Waals surface area contributed by atoms with Gasteiger partial charge in [-0.3, -0.25) is 4.79 Å². The molecule has 0 aromatic carbocycles. The Morgan fingerprint density at radius 2 is 2.00 bits per heavy atom. The maximum Gasteiger partial charge on any atom is 0.309 e. The molecule has 0 spiro atoms. The van der Waals surface area contributed by atoms with Gasteiger partial charge in [-0.15, -0.1) is 12.4 Å². The lowest BCUT2D eigenvalue weighted by Gasteiger charge is -2.08. The Morgan fingerprint density at radius 1 is 1.60 bits per heavy atom. The van der Waals surface area contributed by atoms with Gasteiger partial charge in [-0.25, -0.2) is 8.78 Å². The van der Waals surface area contributed by atoms with Crippen LogP contribution >= 0.6 is 12.4 Å². The molecule has 0 unspecified atom stereocenters. The molecule has 0 heterocycles. The van der Waals surface area contributed by atoms with Crippen molar-refractivity contribution in [3.05, 3.63) is 0 Å². The van der Waals surface area contributed by atoms with Crippen molar-refractivity contribution >= 4 is 18.4 Å². The van der Waals surface area contributed by atoms with Crippen LogP contribution in [0.2, 0.25) is 0 Å². The number of rotatable bonds is 3. The number of alkyl halides is 2. The maximum absolute atomic E-state index is 11.9. The van der Waals surface area contributed by atoms with Gasteiger partial charge in [0.1, 0.15) is 6.42 Å². The Kier molecular flexibility index (Phi) is 5.41. The fourth-order valence-electron chi connectivity index (χ4n) is 0.293. The van der Waals surface area contributed by atoms with Crippen LogP contribution in [-0.4, -0.2) is 23.5 Å². The molecule has 0 amide bonds. The van der Waals surface area contributed by atoms with E-state index >= 15 is 0 Å². The standard InChI is InChI=1S/C4H7F2NO2.ClH/c5-4(6,2-7)1-3(8)9;/h1-2,7H2,(H,8,9);1H. The van der Waals surface area contributed by atoms with Crippen LogP contribution in [0.3, 0.4) is 0 Å². The summed E-state index contributed by atoms with van der Waals surface area (Å²) in [5.41, 5.74) is 4.54. The molecule has 0 fully saturated rings. The Bertz CT molecular complexity index is 120. The van der Waals surface area contributed by atoms with Crippen LogP contribution in [0.25, 0.3) is 0 Å². The highest BCUT2D eigenvalue weighted by Crippen LogP contribution is 2.15. The third-order valence-electron chi connectivity index (χ3n) is 0.708. The van der Waals surface area contributed by atoms with Crippen LogP contribution in [0.1, 0.15) is 6.42 Å². The van der Waals surface area contributed by atoms with Crippen molar-refractivity contribution in [3.8, 4) is 0 Å². The van der Waals surface area contributed by atoms with E-state index in [1.807, 2.05) is 0 Å². The summed E-state index contributed by atoms with van der Waals surface area (Å²) in [7, 11) is 0. The van der Waals surface area contributed by atoms with Crippen LogP contribution in [-0.2, 0) is 4.79 Å². The first-order chi connectivity index (χ1) is 3.98. The summed E-state index contributed by atoms with van der Waals surface area (Å²) in [5, 5.41) is 7.84. The van der Waals surface area contributed by atoms with Crippen LogP contribution < -0.4 is 5.73 Å². The van der Waals surface area contributed by atoms with E-state index in [1.54, 1.807) is 0 Å². The van der Waals surface area contributed by atoms with Crippen molar-refractivity contribution in [1.29, 1.82) is 0 Å². The quantitative estimate of drug-likeness (QED) is 0.656. The van der Waals surface area contributed by atoms with Gasteiger partial charge < -0.3 is 10.8 Å². The van der Waals surface area contributed by atoms with E-state index in [2.05, 4.69) is 5.73 Å². The summed E-state index contributed by atoms with van der Waals surface area (Å²) in [6.07, 6.45) is -1.19. The Hall–Kier alpha value is -0.420. The highest BCUT2D eigenvalue weighted by molar-refractivity contribution is 5.85. The van der Waals surface area contributed by atoms with Crippen LogP contribution in [0.15, 0.2) is 0 Å². The molecule has 62 valence electrons. The maximum atomic E-state index is 11.9. The number of hydrogen-bond acceptors (Lipinski definition) is 2. The highest BCUT2D eigenvalue weighted by Gasteiger charge is 2.29. The van der Waals surface area contributed by atoms with Gasteiger partial charge in [0, 0.05) is 0 Å². The Morgan fingerprint density at radius 3 is 2.10 bits per heavy atom. The predicted molar refractivity (Wildman–Crippen MR) is 33.5 cm³/mol. The van der Waals surface area contributed by atoms with Gasteiger partial charge in [-0.1, -0.05) is 0 Å². The molecule has 0 atom stereocenters. The summed E-state index contributed by atoms with van der Waals surface area (Å²) in [6.45, 7) is -0.917. The zero-order valence-corrected chi connectivity index (χ0v) is 5.83. The third kappa shape index (κ3) is 5.71. The summed E-state index contributed by atoms with van der Waals surface area (Å²) in [4.78, 5) is 9.64. The van der Waals surface area contributed by atoms with Crippen molar-refractivity contribution in [2.45, 2.75) is 12.3 Å². The van der Waals surface area contributed by atoms with Crippen molar-refractivity contribution in [1.82, 2.24) is 0 Å². The molecular weight excluding hydrogens is 167 g/mol. The zero-order chi connectivity index (χ0) is 7.49. The minimum Gasteiger partial charge on any atom is -0.481 e. The summed E-state index contributed by atoms with van der Waals surface area (Å²) in [6, 6.07) is 0. The first-order valence-corrected chi connectivity index (χ1v) is 2.27. The lowest BCUT2D eigenvalue weighted by Crippen LogP contribution is -2.30. The molecule has 10 heavy (non-hydrogen) atoms. The van der Waals surface area contributed by atoms with Crippen molar-refractivity contribution in [2.75, 3.05) is 6.54 Å². The minimum atomic E-state index is -3.26. The predicted octanol–water partition coefficient (Wildman–Crippen LogP) is 0.477. The van der Waals surface area contributed by atoms with Gasteiger partial charge in [0.25, 0.3) is 5.92 Å². The van der Waals surface area contributed by atoms with Crippen molar-refractivity contribution in [3.63, 3.8) is 0 Å². The van der Waals surface area contributed by atoms with Gasteiger partial charge >= 0.3 is 5.97 Å². The second kappa shape index (κ2) is 4.40. The molecular formula is C4H8ClF2NO2. The third-order valence-corrected chi connectivity index (χ3v) is 0.708. The number of carbonyl (C=O) groups is 1. The Labute approximate surface area is 62.6 Å². The number of nitrogens with two attached hydrogens (primary N) is 1. The zero-order valence-electron chi connectivity index (χ0n) is 5.01. The smallest absolute Gasteiger partial charge is 0.309 e. The van der Waals surface area contributed by atoms with Gasteiger partial charge in [0.2, 0.25) is 0 Å². The first-order valence-electron chi connectivity index (χ1n) is 2.27. The van der Waals surface area contributed by atoms with E-state index in [0.29, 0.717) is 0 Å². The highest BCUT2D eigenvalue weighted by atomic mass is 35.5. The average Bonchev–Trinajstić information content (AvgIpc) is 1.63. The molecule has 6 heteroatoms. The van der Waals surface area contributed by atoms with Crippen LogP contribution in [0, 0.1) is 0 Å². The number of aliphatic carboxylic acids is 1.